The van der Waals surface area contributed by atoms with Crippen LogP contribution >= 0.6 is 0 Å². The van der Waals surface area contributed by atoms with Gasteiger partial charge in [0.15, 0.2) is 0 Å². The lowest BCUT2D eigenvalue weighted by atomic mass is 9.99. The topological polar surface area (TPSA) is 57.6 Å². The monoisotopic (exact) mass is 197 g/mol. The van der Waals surface area contributed by atoms with Gasteiger partial charge in [0, 0.05) is 19.5 Å². The summed E-state index contributed by atoms with van der Waals surface area (Å²) < 4.78 is 0. The van der Waals surface area contributed by atoms with Crippen LogP contribution in [-0.4, -0.2) is 35.0 Å². The Morgan fingerprint density at radius 2 is 2.21 bits per heavy atom. The zero-order valence-electron chi connectivity index (χ0n) is 8.27. The van der Waals surface area contributed by atoms with Crippen molar-refractivity contribution in [2.45, 2.75) is 13.3 Å². The van der Waals surface area contributed by atoms with Crippen LogP contribution in [-0.2, 0) is 9.59 Å². The molecule has 0 unspecified atom stereocenters. The number of aliphatic carboxylic acids is 1. The Balaban J connectivity index is 2.58. The Kier molecular flexibility index (Phi) is 3.28. The number of likely N-dealkylation sites (tertiary alicyclic amines) is 1. The maximum Gasteiger partial charge on any atom is 0.308 e. The Morgan fingerprint density at radius 3 is 2.64 bits per heavy atom. The first-order valence-electron chi connectivity index (χ1n) is 4.67. The van der Waals surface area contributed by atoms with Crippen LogP contribution in [0.15, 0.2) is 12.7 Å². The van der Waals surface area contributed by atoms with E-state index >= 15 is 0 Å². The molecule has 1 saturated heterocycles. The average Bonchev–Trinajstić information content (AvgIpc) is 2.48. The van der Waals surface area contributed by atoms with E-state index in [0.717, 1.165) is 0 Å². The SMILES string of the molecule is C=CCC(=O)N1C[C@@H](C)[C@H](C(=O)O)C1. The standard InChI is InChI=1S/C10H15NO3/c1-3-4-9(12)11-5-7(2)8(6-11)10(13)14/h3,7-8H,1,4-6H2,2H3,(H,13,14)/t7-,8-/m1/s1. The molecule has 0 radical (unpaired) electrons. The van der Waals surface area contributed by atoms with Crippen LogP contribution in [0.1, 0.15) is 13.3 Å². The van der Waals surface area contributed by atoms with Crippen molar-refractivity contribution in [2.75, 3.05) is 13.1 Å². The largest absolute Gasteiger partial charge is 0.481 e. The molecule has 1 fully saturated rings. The normalized spacial score (nSPS) is 26.2. The molecule has 2 atom stereocenters. The third kappa shape index (κ3) is 2.13. The second kappa shape index (κ2) is 4.26. The second-order valence-corrected chi connectivity index (χ2v) is 3.71. The van der Waals surface area contributed by atoms with Crippen molar-refractivity contribution in [1.82, 2.24) is 4.90 Å². The summed E-state index contributed by atoms with van der Waals surface area (Å²) in [6.45, 7) is 6.22. The van der Waals surface area contributed by atoms with E-state index in [-0.39, 0.29) is 11.8 Å². The summed E-state index contributed by atoms with van der Waals surface area (Å²) in [5.41, 5.74) is 0. The molecular weight excluding hydrogens is 182 g/mol. The van der Waals surface area contributed by atoms with Gasteiger partial charge in [0.1, 0.15) is 0 Å². The van der Waals surface area contributed by atoms with Gasteiger partial charge < -0.3 is 10.0 Å². The number of carbonyl (C=O) groups excluding carboxylic acids is 1. The molecule has 4 nitrogen and oxygen atoms in total. The summed E-state index contributed by atoms with van der Waals surface area (Å²) in [6, 6.07) is 0. The van der Waals surface area contributed by atoms with E-state index in [4.69, 9.17) is 5.11 Å². The van der Waals surface area contributed by atoms with E-state index < -0.39 is 11.9 Å². The fraction of sp³-hybridized carbons (Fsp3) is 0.600. The van der Waals surface area contributed by atoms with Gasteiger partial charge in [-0.3, -0.25) is 9.59 Å². The molecule has 14 heavy (non-hydrogen) atoms. The number of hydrogen-bond donors (Lipinski definition) is 1. The molecule has 0 aliphatic carbocycles. The Hall–Kier alpha value is -1.32. The third-order valence-corrected chi connectivity index (χ3v) is 2.60. The summed E-state index contributed by atoms with van der Waals surface area (Å²) in [5.74, 6) is -1.22. The minimum Gasteiger partial charge on any atom is -0.481 e. The predicted octanol–water partition coefficient (Wildman–Crippen LogP) is 0.742. The molecule has 1 amide bonds. The minimum atomic E-state index is -0.814. The Morgan fingerprint density at radius 1 is 1.57 bits per heavy atom. The zero-order chi connectivity index (χ0) is 10.7. The highest BCUT2D eigenvalue weighted by molar-refractivity contribution is 5.80. The second-order valence-electron chi connectivity index (χ2n) is 3.71. The van der Waals surface area contributed by atoms with Gasteiger partial charge in [0.2, 0.25) is 5.91 Å². The van der Waals surface area contributed by atoms with E-state index in [1.165, 1.54) is 0 Å². The number of rotatable bonds is 3. The number of amides is 1. The fourth-order valence-electron chi connectivity index (χ4n) is 1.74. The van der Waals surface area contributed by atoms with Crippen molar-refractivity contribution >= 4 is 11.9 Å². The average molecular weight is 197 g/mol. The van der Waals surface area contributed by atoms with E-state index in [2.05, 4.69) is 6.58 Å². The highest BCUT2D eigenvalue weighted by Gasteiger charge is 2.36. The van der Waals surface area contributed by atoms with Gasteiger partial charge in [-0.15, -0.1) is 6.58 Å². The van der Waals surface area contributed by atoms with Crippen molar-refractivity contribution in [2.24, 2.45) is 11.8 Å². The van der Waals surface area contributed by atoms with E-state index in [1.807, 2.05) is 6.92 Å². The lowest BCUT2D eigenvalue weighted by Gasteiger charge is -2.14. The van der Waals surface area contributed by atoms with Gasteiger partial charge in [-0.2, -0.15) is 0 Å². The molecule has 4 heteroatoms. The van der Waals surface area contributed by atoms with Crippen LogP contribution in [0, 0.1) is 11.8 Å². The Labute approximate surface area is 83.2 Å². The van der Waals surface area contributed by atoms with Gasteiger partial charge in [0.05, 0.1) is 5.92 Å². The van der Waals surface area contributed by atoms with Crippen molar-refractivity contribution < 1.29 is 14.7 Å². The van der Waals surface area contributed by atoms with Crippen LogP contribution in [0.2, 0.25) is 0 Å². The number of carboxylic acids is 1. The summed E-state index contributed by atoms with van der Waals surface area (Å²) in [5, 5.41) is 8.85. The number of carboxylic acid groups (broad SMARTS) is 1. The number of nitrogens with zero attached hydrogens (tertiary/aromatic N) is 1. The molecule has 0 spiro atoms. The van der Waals surface area contributed by atoms with Crippen LogP contribution in [0.3, 0.4) is 0 Å². The Bertz CT molecular complexity index is 262. The highest BCUT2D eigenvalue weighted by Crippen LogP contribution is 2.23. The van der Waals surface area contributed by atoms with E-state index in [0.29, 0.717) is 19.5 Å². The lowest BCUT2D eigenvalue weighted by molar-refractivity contribution is -0.142. The van der Waals surface area contributed by atoms with E-state index in [9.17, 15) is 9.59 Å². The quantitative estimate of drug-likeness (QED) is 0.679. The van der Waals surface area contributed by atoms with Crippen molar-refractivity contribution in [3.8, 4) is 0 Å². The molecule has 1 N–H and O–H groups in total. The van der Waals surface area contributed by atoms with Crippen molar-refractivity contribution in [1.29, 1.82) is 0 Å². The first-order valence-corrected chi connectivity index (χ1v) is 4.67. The van der Waals surface area contributed by atoms with Crippen LogP contribution < -0.4 is 0 Å². The molecule has 0 aromatic carbocycles. The van der Waals surface area contributed by atoms with Crippen molar-refractivity contribution in [3.63, 3.8) is 0 Å². The van der Waals surface area contributed by atoms with Crippen LogP contribution in [0.4, 0.5) is 0 Å². The predicted molar refractivity (Wildman–Crippen MR) is 51.7 cm³/mol. The molecule has 0 aromatic heterocycles. The van der Waals surface area contributed by atoms with Gasteiger partial charge in [-0.1, -0.05) is 13.0 Å². The zero-order valence-corrected chi connectivity index (χ0v) is 8.27. The maximum absolute atomic E-state index is 11.4. The van der Waals surface area contributed by atoms with Crippen LogP contribution in [0.5, 0.6) is 0 Å². The molecule has 1 rings (SSSR count). The third-order valence-electron chi connectivity index (χ3n) is 2.60. The lowest BCUT2D eigenvalue weighted by Crippen LogP contribution is -2.29. The molecule has 1 aliphatic rings. The summed E-state index contributed by atoms with van der Waals surface area (Å²) in [4.78, 5) is 23.8. The molecule has 1 heterocycles. The summed E-state index contributed by atoms with van der Waals surface area (Å²) in [6.07, 6.45) is 1.83. The fourth-order valence-corrected chi connectivity index (χ4v) is 1.74. The minimum absolute atomic E-state index is 0.0319. The number of hydrogen-bond acceptors (Lipinski definition) is 2. The molecule has 78 valence electrons. The van der Waals surface area contributed by atoms with Gasteiger partial charge in [0.25, 0.3) is 0 Å². The maximum atomic E-state index is 11.4. The van der Waals surface area contributed by atoms with Gasteiger partial charge in [-0.25, -0.2) is 0 Å². The molecular formula is C10H15NO3. The van der Waals surface area contributed by atoms with Crippen LogP contribution in [0.25, 0.3) is 0 Å². The molecule has 1 aliphatic heterocycles. The van der Waals surface area contributed by atoms with Crippen molar-refractivity contribution in [3.05, 3.63) is 12.7 Å². The van der Waals surface area contributed by atoms with Gasteiger partial charge in [-0.05, 0) is 5.92 Å². The molecule has 0 aromatic rings. The number of carbonyl (C=O) groups is 2. The van der Waals surface area contributed by atoms with Gasteiger partial charge >= 0.3 is 5.97 Å². The summed E-state index contributed by atoms with van der Waals surface area (Å²) >= 11 is 0. The first-order chi connectivity index (χ1) is 6.56. The molecule has 0 saturated carbocycles. The van der Waals surface area contributed by atoms with E-state index in [1.54, 1.807) is 11.0 Å². The highest BCUT2D eigenvalue weighted by atomic mass is 16.4. The summed E-state index contributed by atoms with van der Waals surface area (Å²) in [7, 11) is 0. The first kappa shape index (κ1) is 10.8. The molecule has 0 bridgehead atoms. The smallest absolute Gasteiger partial charge is 0.308 e.